The largest absolute Gasteiger partial charge is 0.505 e. The van der Waals surface area contributed by atoms with E-state index in [0.717, 1.165) is 24.2 Å². The quantitative estimate of drug-likeness (QED) is 0.937. The van der Waals surface area contributed by atoms with Gasteiger partial charge in [-0.05, 0) is 55.0 Å². The first-order valence-electron chi connectivity index (χ1n) is 8.06. The van der Waals surface area contributed by atoms with E-state index in [1.165, 1.54) is 5.56 Å². The van der Waals surface area contributed by atoms with Crippen molar-refractivity contribution >= 4 is 5.91 Å². The van der Waals surface area contributed by atoms with E-state index in [2.05, 4.69) is 17.1 Å². The topological polar surface area (TPSA) is 62.7 Å². The molecular formula is C19H22N2O3. The molecule has 1 saturated carbocycles. The van der Waals surface area contributed by atoms with Crippen LogP contribution in [0.1, 0.15) is 40.4 Å². The van der Waals surface area contributed by atoms with Crippen molar-refractivity contribution in [2.24, 2.45) is 0 Å². The molecule has 1 aromatic carbocycles. The minimum absolute atomic E-state index is 0.0597. The van der Waals surface area contributed by atoms with Crippen LogP contribution in [0.3, 0.4) is 0 Å². The lowest BCUT2D eigenvalue weighted by atomic mass is 9.75. The molecule has 0 atom stereocenters. The lowest BCUT2D eigenvalue weighted by Crippen LogP contribution is -2.45. The van der Waals surface area contributed by atoms with Gasteiger partial charge in [0.25, 0.3) is 5.91 Å². The number of carbonyl (C=O) groups excluding carboxylic acids is 1. The first-order chi connectivity index (χ1) is 11.5. The van der Waals surface area contributed by atoms with Gasteiger partial charge in [-0.25, -0.2) is 4.98 Å². The molecule has 1 heterocycles. The number of nitrogens with zero attached hydrogens (tertiary/aromatic N) is 2. The molecule has 0 spiro atoms. The summed E-state index contributed by atoms with van der Waals surface area (Å²) >= 11 is 0. The van der Waals surface area contributed by atoms with Crippen LogP contribution in [0.15, 0.2) is 36.5 Å². The van der Waals surface area contributed by atoms with Crippen molar-refractivity contribution < 1.29 is 14.6 Å². The van der Waals surface area contributed by atoms with Gasteiger partial charge in [-0.1, -0.05) is 12.1 Å². The summed E-state index contributed by atoms with van der Waals surface area (Å²) in [5.74, 6) is 0.992. The van der Waals surface area contributed by atoms with Gasteiger partial charge < -0.3 is 14.7 Å². The Balaban J connectivity index is 1.65. The number of rotatable bonds is 4. The molecule has 1 N–H and O–H groups in total. The second kappa shape index (κ2) is 6.51. The highest BCUT2D eigenvalue weighted by Gasteiger charge is 2.36. The van der Waals surface area contributed by atoms with Gasteiger partial charge in [-0.15, -0.1) is 0 Å². The number of pyridine rings is 1. The molecule has 0 unspecified atom stereocenters. The van der Waals surface area contributed by atoms with Crippen molar-refractivity contribution in [3.8, 4) is 11.5 Å². The first-order valence-corrected chi connectivity index (χ1v) is 8.06. The van der Waals surface area contributed by atoms with E-state index < -0.39 is 0 Å². The summed E-state index contributed by atoms with van der Waals surface area (Å²) in [6, 6.07) is 9.80. The highest BCUT2D eigenvalue weighted by atomic mass is 16.5. The second-order valence-corrected chi connectivity index (χ2v) is 6.40. The molecule has 0 radical (unpaired) electrons. The lowest BCUT2D eigenvalue weighted by molar-refractivity contribution is 0.0611. The zero-order valence-electron chi connectivity index (χ0n) is 14.2. The molecule has 0 aliphatic heterocycles. The van der Waals surface area contributed by atoms with Gasteiger partial charge in [0.05, 0.1) is 7.11 Å². The van der Waals surface area contributed by atoms with Crippen molar-refractivity contribution in [2.45, 2.75) is 31.7 Å². The molecule has 5 heteroatoms. The average molecular weight is 326 g/mol. The van der Waals surface area contributed by atoms with Crippen LogP contribution in [-0.4, -0.2) is 41.1 Å². The number of methoxy groups -OCH3 is 1. The van der Waals surface area contributed by atoms with Crippen molar-refractivity contribution in [1.82, 2.24) is 9.88 Å². The van der Waals surface area contributed by atoms with Crippen molar-refractivity contribution in [3.05, 3.63) is 53.3 Å². The predicted octanol–water partition coefficient (Wildman–Crippen LogP) is 3.12. The Bertz CT molecular complexity index is 754. The summed E-state index contributed by atoms with van der Waals surface area (Å²) in [4.78, 5) is 18.3. The lowest BCUT2D eigenvalue weighted by Gasteiger charge is -2.41. The Labute approximate surface area is 141 Å². The average Bonchev–Trinajstić information content (AvgIpc) is 2.53. The number of ether oxygens (including phenoxy) is 1. The van der Waals surface area contributed by atoms with Crippen LogP contribution < -0.4 is 4.74 Å². The minimum atomic E-state index is -0.235. The number of carbonyl (C=O) groups is 1. The monoisotopic (exact) mass is 326 g/mol. The van der Waals surface area contributed by atoms with Gasteiger partial charge in [-0.2, -0.15) is 0 Å². The van der Waals surface area contributed by atoms with Crippen LogP contribution in [0, 0.1) is 6.92 Å². The third kappa shape index (κ3) is 3.07. The molecular weight excluding hydrogens is 304 g/mol. The molecule has 0 saturated heterocycles. The molecule has 5 nitrogen and oxygen atoms in total. The summed E-state index contributed by atoms with van der Waals surface area (Å²) in [6.45, 7) is 1.83. The summed E-state index contributed by atoms with van der Waals surface area (Å²) in [7, 11) is 3.44. The van der Waals surface area contributed by atoms with E-state index in [1.54, 1.807) is 31.3 Å². The predicted molar refractivity (Wildman–Crippen MR) is 91.5 cm³/mol. The molecule has 1 fully saturated rings. The summed E-state index contributed by atoms with van der Waals surface area (Å²) < 4.78 is 5.27. The second-order valence-electron chi connectivity index (χ2n) is 6.40. The number of hydrogen-bond acceptors (Lipinski definition) is 4. The third-order valence-electron chi connectivity index (χ3n) is 4.75. The maximum absolute atomic E-state index is 12.5. The Morgan fingerprint density at radius 2 is 2.08 bits per heavy atom. The van der Waals surface area contributed by atoms with Crippen LogP contribution in [0.25, 0.3) is 0 Å². The Kier molecular flexibility index (Phi) is 4.42. The number of amides is 1. The first kappa shape index (κ1) is 16.3. The van der Waals surface area contributed by atoms with Gasteiger partial charge in [0, 0.05) is 19.3 Å². The van der Waals surface area contributed by atoms with E-state index in [0.29, 0.717) is 5.92 Å². The minimum Gasteiger partial charge on any atom is -0.505 e. The Morgan fingerprint density at radius 1 is 1.33 bits per heavy atom. The van der Waals surface area contributed by atoms with Crippen molar-refractivity contribution in [2.75, 3.05) is 14.2 Å². The van der Waals surface area contributed by atoms with Crippen molar-refractivity contribution in [3.63, 3.8) is 0 Å². The van der Waals surface area contributed by atoms with Gasteiger partial charge in [0.2, 0.25) is 0 Å². The molecule has 1 aliphatic carbocycles. The van der Waals surface area contributed by atoms with Crippen LogP contribution in [-0.2, 0) is 0 Å². The van der Waals surface area contributed by atoms with Crippen LogP contribution in [0.5, 0.6) is 11.5 Å². The van der Waals surface area contributed by atoms with Crippen molar-refractivity contribution in [1.29, 1.82) is 0 Å². The van der Waals surface area contributed by atoms with E-state index in [-0.39, 0.29) is 23.4 Å². The van der Waals surface area contributed by atoms with E-state index >= 15 is 0 Å². The molecule has 0 bridgehead atoms. The molecule has 1 amide bonds. The van der Waals surface area contributed by atoms with Gasteiger partial charge >= 0.3 is 0 Å². The van der Waals surface area contributed by atoms with Gasteiger partial charge in [0.15, 0.2) is 5.69 Å². The number of aryl methyl sites for hydroxylation is 1. The standard InChI is InChI=1S/C19H22N2O3/c1-12-7-17(22)18(20-11-12)19(23)21(2)15-8-14(9-15)13-5-4-6-16(10-13)24-3/h4-7,10-11,14-15,22H,8-9H2,1-3H3. The van der Waals surface area contributed by atoms with Gasteiger partial charge in [-0.3, -0.25) is 4.79 Å². The van der Waals surface area contributed by atoms with Crippen LogP contribution in [0.2, 0.25) is 0 Å². The third-order valence-corrected chi connectivity index (χ3v) is 4.75. The Morgan fingerprint density at radius 3 is 2.75 bits per heavy atom. The highest BCUT2D eigenvalue weighted by molar-refractivity contribution is 5.95. The number of hydrogen-bond donors (Lipinski definition) is 1. The number of benzene rings is 1. The van der Waals surface area contributed by atoms with Gasteiger partial charge in [0.1, 0.15) is 11.5 Å². The zero-order valence-corrected chi connectivity index (χ0v) is 14.2. The summed E-state index contributed by atoms with van der Waals surface area (Å²) in [6.07, 6.45) is 3.41. The normalized spacial score (nSPS) is 19.5. The molecule has 2 aromatic rings. The molecule has 1 aliphatic rings. The summed E-state index contributed by atoms with van der Waals surface area (Å²) in [5, 5.41) is 9.95. The highest BCUT2D eigenvalue weighted by Crippen LogP contribution is 2.40. The number of aromatic nitrogens is 1. The Hall–Kier alpha value is -2.56. The fourth-order valence-electron chi connectivity index (χ4n) is 3.12. The van der Waals surface area contributed by atoms with E-state index in [9.17, 15) is 9.90 Å². The SMILES string of the molecule is COc1cccc(C2CC(N(C)C(=O)c3ncc(C)cc3O)C2)c1. The fraction of sp³-hybridized carbons (Fsp3) is 0.368. The maximum atomic E-state index is 12.5. The fourth-order valence-corrected chi connectivity index (χ4v) is 3.12. The van der Waals surface area contributed by atoms with E-state index in [1.807, 2.05) is 19.1 Å². The summed E-state index contributed by atoms with van der Waals surface area (Å²) in [5.41, 5.74) is 2.18. The smallest absolute Gasteiger partial charge is 0.276 e. The zero-order chi connectivity index (χ0) is 17.3. The molecule has 24 heavy (non-hydrogen) atoms. The molecule has 1 aromatic heterocycles. The van der Waals surface area contributed by atoms with E-state index in [4.69, 9.17) is 4.74 Å². The van der Waals surface area contributed by atoms with Crippen LogP contribution in [0.4, 0.5) is 0 Å². The molecule has 3 rings (SSSR count). The number of aromatic hydroxyl groups is 1. The van der Waals surface area contributed by atoms with Crippen LogP contribution >= 0.6 is 0 Å². The maximum Gasteiger partial charge on any atom is 0.276 e. The molecule has 126 valence electrons.